The Morgan fingerprint density at radius 1 is 0.976 bits per heavy atom. The molecule has 3 aromatic carbocycles. The van der Waals surface area contributed by atoms with E-state index in [1.807, 2.05) is 60.7 Å². The zero-order valence-corrected chi connectivity index (χ0v) is 25.9. The molecule has 41 heavy (non-hydrogen) atoms. The van der Waals surface area contributed by atoms with Crippen molar-refractivity contribution in [2.75, 3.05) is 39.8 Å². The zero-order valence-electron chi connectivity index (χ0n) is 23.5. The Kier molecular flexibility index (Phi) is 12.5. The summed E-state index contributed by atoms with van der Waals surface area (Å²) in [5.41, 5.74) is 2.64. The van der Waals surface area contributed by atoms with E-state index in [4.69, 9.17) is 27.9 Å². The Labute approximate surface area is 259 Å². The van der Waals surface area contributed by atoms with E-state index in [2.05, 4.69) is 22.3 Å². The highest BCUT2D eigenvalue weighted by atomic mass is 35.5. The molecule has 0 radical (unpaired) electrons. The van der Waals surface area contributed by atoms with E-state index in [1.165, 1.54) is 0 Å². The minimum absolute atomic E-state index is 0. The fourth-order valence-electron chi connectivity index (χ4n) is 5.29. The molecule has 0 bridgehead atoms. The number of nitrogens with one attached hydrogen (secondary N) is 1. The predicted octanol–water partition coefficient (Wildman–Crippen LogP) is 6.30. The second-order valence-corrected chi connectivity index (χ2v) is 11.3. The molecule has 0 aromatic heterocycles. The smallest absolute Gasteiger partial charge is 0.226 e. The Bertz CT molecular complexity index is 1270. The number of likely N-dealkylation sites (tertiary alicyclic amines) is 1. The molecule has 1 heterocycles. The molecule has 9 heteroatoms. The van der Waals surface area contributed by atoms with Crippen molar-refractivity contribution < 1.29 is 14.3 Å². The highest BCUT2D eigenvalue weighted by Gasteiger charge is 2.36. The summed E-state index contributed by atoms with van der Waals surface area (Å²) in [6.07, 6.45) is 1.62. The van der Waals surface area contributed by atoms with Crippen LogP contribution in [-0.4, -0.2) is 61.4 Å². The SMILES string of the molecule is CC(=O)NC1(c2ccccc2)CCN(CCOC(CN(C)C(=O)Cc2ccccc2)c2ccc(Cl)c(Cl)c2)CC1.Cl. The molecule has 1 aliphatic heterocycles. The van der Waals surface area contributed by atoms with Crippen LogP contribution in [0.1, 0.15) is 42.6 Å². The third-order valence-electron chi connectivity index (χ3n) is 7.56. The first-order valence-electron chi connectivity index (χ1n) is 13.7. The van der Waals surface area contributed by atoms with Crippen molar-refractivity contribution in [2.45, 2.75) is 37.8 Å². The molecular weight excluding hydrogens is 581 g/mol. The van der Waals surface area contributed by atoms with Crippen LogP contribution in [0, 0.1) is 0 Å². The lowest BCUT2D eigenvalue weighted by atomic mass is 9.80. The summed E-state index contributed by atoms with van der Waals surface area (Å²) >= 11 is 12.5. The van der Waals surface area contributed by atoms with E-state index < -0.39 is 0 Å². The molecular formula is C32H38Cl3N3O3. The van der Waals surface area contributed by atoms with Crippen LogP contribution in [0.2, 0.25) is 10.0 Å². The van der Waals surface area contributed by atoms with Gasteiger partial charge >= 0.3 is 0 Å². The maximum absolute atomic E-state index is 13.0. The number of nitrogens with zero attached hydrogens (tertiary/aromatic N) is 2. The number of benzene rings is 3. The lowest BCUT2D eigenvalue weighted by molar-refractivity contribution is -0.131. The monoisotopic (exact) mass is 617 g/mol. The zero-order chi connectivity index (χ0) is 28.5. The molecule has 4 rings (SSSR count). The van der Waals surface area contributed by atoms with E-state index >= 15 is 0 Å². The number of carbonyl (C=O) groups excluding carboxylic acids is 2. The van der Waals surface area contributed by atoms with Gasteiger partial charge in [0.25, 0.3) is 0 Å². The molecule has 1 aliphatic rings. The van der Waals surface area contributed by atoms with Gasteiger partial charge in [-0.3, -0.25) is 9.59 Å². The number of likely N-dealkylation sites (N-methyl/N-ethyl adjacent to an activating group) is 1. The number of hydrogen-bond acceptors (Lipinski definition) is 4. The van der Waals surface area contributed by atoms with Gasteiger partial charge in [0.1, 0.15) is 6.10 Å². The summed E-state index contributed by atoms with van der Waals surface area (Å²) in [7, 11) is 1.80. The van der Waals surface area contributed by atoms with Crippen LogP contribution < -0.4 is 5.32 Å². The first-order valence-corrected chi connectivity index (χ1v) is 14.4. The van der Waals surface area contributed by atoms with E-state index in [0.717, 1.165) is 49.2 Å². The lowest BCUT2D eigenvalue weighted by Gasteiger charge is -2.42. The van der Waals surface area contributed by atoms with Crippen LogP contribution in [0.4, 0.5) is 0 Å². The Balaban J connectivity index is 0.00000462. The molecule has 0 saturated carbocycles. The van der Waals surface area contributed by atoms with Gasteiger partial charge in [-0.15, -0.1) is 12.4 Å². The van der Waals surface area contributed by atoms with Gasteiger partial charge in [0.05, 0.1) is 35.2 Å². The second-order valence-electron chi connectivity index (χ2n) is 10.4. The first kappa shape index (κ1) is 32.9. The molecule has 0 aliphatic carbocycles. The lowest BCUT2D eigenvalue weighted by Crippen LogP contribution is -2.53. The average molecular weight is 619 g/mol. The normalized spacial score (nSPS) is 15.4. The van der Waals surface area contributed by atoms with Crippen molar-refractivity contribution in [3.63, 3.8) is 0 Å². The maximum atomic E-state index is 13.0. The van der Waals surface area contributed by atoms with E-state index in [-0.39, 0.29) is 35.9 Å². The van der Waals surface area contributed by atoms with Crippen LogP contribution in [0.5, 0.6) is 0 Å². The van der Waals surface area contributed by atoms with Gasteiger partial charge in [0.15, 0.2) is 0 Å². The predicted molar refractivity (Wildman–Crippen MR) is 168 cm³/mol. The summed E-state index contributed by atoms with van der Waals surface area (Å²) in [6.45, 7) is 4.88. The number of hydrogen-bond donors (Lipinski definition) is 1. The number of amides is 2. The van der Waals surface area contributed by atoms with E-state index in [1.54, 1.807) is 24.9 Å². The quantitative estimate of drug-likeness (QED) is 0.274. The summed E-state index contributed by atoms with van der Waals surface area (Å²) in [5, 5.41) is 4.16. The van der Waals surface area contributed by atoms with Crippen molar-refractivity contribution in [2.24, 2.45) is 0 Å². The molecule has 6 nitrogen and oxygen atoms in total. The molecule has 1 atom stereocenters. The number of carbonyl (C=O) groups is 2. The van der Waals surface area contributed by atoms with Crippen molar-refractivity contribution in [1.82, 2.24) is 15.1 Å². The Morgan fingerprint density at radius 3 is 2.22 bits per heavy atom. The minimum atomic E-state index is -0.355. The summed E-state index contributed by atoms with van der Waals surface area (Å²) in [4.78, 5) is 29.1. The molecule has 1 saturated heterocycles. The second kappa shape index (κ2) is 15.6. The number of halogens is 3. The van der Waals surface area contributed by atoms with Gasteiger partial charge in [-0.2, -0.15) is 0 Å². The van der Waals surface area contributed by atoms with Gasteiger partial charge in [-0.05, 0) is 41.7 Å². The van der Waals surface area contributed by atoms with E-state index in [9.17, 15) is 9.59 Å². The fourth-order valence-corrected chi connectivity index (χ4v) is 5.59. The standard InChI is InChI=1S/C32H37Cl2N3O3.ClH/c1-24(38)35-32(27-11-7-4-8-12-27)15-17-37(18-16-32)19-20-40-30(26-13-14-28(33)29(34)22-26)23-36(2)31(39)21-25-9-5-3-6-10-25;/h3-14,22,30H,15-21,23H2,1-2H3,(H,35,38);1H. The minimum Gasteiger partial charge on any atom is -0.370 e. The van der Waals surface area contributed by atoms with Crippen LogP contribution in [0.15, 0.2) is 78.9 Å². The molecule has 3 aromatic rings. The molecule has 0 spiro atoms. The van der Waals surface area contributed by atoms with Gasteiger partial charge in [0.2, 0.25) is 11.8 Å². The highest BCUT2D eigenvalue weighted by molar-refractivity contribution is 6.42. The van der Waals surface area contributed by atoms with E-state index in [0.29, 0.717) is 29.6 Å². The largest absolute Gasteiger partial charge is 0.370 e. The first-order chi connectivity index (χ1) is 19.3. The van der Waals surface area contributed by atoms with Gasteiger partial charge in [0, 0.05) is 33.6 Å². The third-order valence-corrected chi connectivity index (χ3v) is 8.30. The van der Waals surface area contributed by atoms with Crippen molar-refractivity contribution in [3.05, 3.63) is 106 Å². The van der Waals surface area contributed by atoms with Gasteiger partial charge < -0.3 is 19.9 Å². The number of rotatable bonds is 11. The summed E-state index contributed by atoms with van der Waals surface area (Å²) < 4.78 is 6.39. The van der Waals surface area contributed by atoms with Gasteiger partial charge in [-0.25, -0.2) is 0 Å². The Hall–Kier alpha value is -2.61. The number of piperidine rings is 1. The Morgan fingerprint density at radius 2 is 1.61 bits per heavy atom. The third kappa shape index (κ3) is 9.19. The van der Waals surface area contributed by atoms with Crippen molar-refractivity contribution >= 4 is 47.4 Å². The van der Waals surface area contributed by atoms with Crippen LogP contribution in [-0.2, 0) is 26.3 Å². The van der Waals surface area contributed by atoms with Crippen LogP contribution in [0.25, 0.3) is 0 Å². The van der Waals surface area contributed by atoms with Crippen LogP contribution in [0.3, 0.4) is 0 Å². The molecule has 1 N–H and O–H groups in total. The molecule has 2 amide bonds. The molecule has 220 valence electrons. The maximum Gasteiger partial charge on any atom is 0.226 e. The summed E-state index contributed by atoms with van der Waals surface area (Å²) in [6, 6.07) is 25.4. The average Bonchev–Trinajstić information content (AvgIpc) is 2.95. The topological polar surface area (TPSA) is 61.9 Å². The molecule has 1 unspecified atom stereocenters. The number of ether oxygens (including phenoxy) is 1. The fraction of sp³-hybridized carbons (Fsp3) is 0.375. The molecule has 1 fully saturated rings. The highest BCUT2D eigenvalue weighted by Crippen LogP contribution is 2.33. The van der Waals surface area contributed by atoms with Crippen molar-refractivity contribution in [1.29, 1.82) is 0 Å². The van der Waals surface area contributed by atoms with Crippen molar-refractivity contribution in [3.8, 4) is 0 Å². The summed E-state index contributed by atoms with van der Waals surface area (Å²) in [5.74, 6) is 0.00199. The van der Waals surface area contributed by atoms with Crippen LogP contribution >= 0.6 is 35.6 Å². The van der Waals surface area contributed by atoms with Gasteiger partial charge in [-0.1, -0.05) is 89.9 Å².